The normalized spacial score (nSPS) is 14.7. The summed E-state index contributed by atoms with van der Waals surface area (Å²) >= 11 is 0. The van der Waals surface area contributed by atoms with E-state index in [1.807, 2.05) is 0 Å². The molecule has 130 valence electrons. The molecule has 0 bridgehead atoms. The minimum Gasteiger partial charge on any atom is -0.369 e. The van der Waals surface area contributed by atoms with Crippen LogP contribution in [-0.2, 0) is 4.57 Å². The number of alkyl halides is 2. The molecule has 0 radical (unpaired) electrons. The number of hydrogen-bond donors (Lipinski definition) is 5. The van der Waals surface area contributed by atoms with Gasteiger partial charge in [-0.25, -0.2) is 0 Å². The molecule has 6 N–H and O–H groups in total. The molecule has 0 amide bonds. The van der Waals surface area contributed by atoms with Gasteiger partial charge in [0.15, 0.2) is 5.82 Å². The maximum absolute atomic E-state index is 13.1. The highest BCUT2D eigenvalue weighted by atomic mass is 31.2. The van der Waals surface area contributed by atoms with E-state index >= 15 is 0 Å². The van der Waals surface area contributed by atoms with E-state index < -0.39 is 19.7 Å². The first-order chi connectivity index (χ1) is 10.6. The lowest BCUT2D eigenvalue weighted by molar-refractivity contribution is 0.0477. The predicted octanol–water partition coefficient (Wildman–Crippen LogP) is 0.872. The van der Waals surface area contributed by atoms with Gasteiger partial charge in [-0.15, -0.1) is 0 Å². The van der Waals surface area contributed by atoms with Gasteiger partial charge in [-0.1, -0.05) is 6.42 Å². The number of aromatic nitrogens is 2. The zero-order chi connectivity index (χ0) is 17.3. The minimum absolute atomic E-state index is 0.0104. The van der Waals surface area contributed by atoms with Crippen molar-refractivity contribution in [1.29, 1.82) is 0 Å². The van der Waals surface area contributed by atoms with Gasteiger partial charge in [-0.05, 0) is 12.8 Å². The quantitative estimate of drug-likeness (QED) is 0.359. The lowest BCUT2D eigenvalue weighted by atomic mass is 10.2. The smallest absolute Gasteiger partial charge is 0.369 e. The standard InChI is InChI=1S/C11H18F2N5O4P/c12-11(13,23(20,21)22)4-2-1-3-5-18-6-15-7-8(18)16-10(14)17-9(7)19/h15H,1-6H2,(H2,20,21,22)(H3,14,16,17,19). The average Bonchev–Trinajstić information content (AvgIpc) is 2.80. The Labute approximate surface area is 130 Å². The summed E-state index contributed by atoms with van der Waals surface area (Å²) in [7, 11) is -5.41. The number of nitrogens with zero attached hydrogens (tertiary/aromatic N) is 2. The highest BCUT2D eigenvalue weighted by Crippen LogP contribution is 2.55. The summed E-state index contributed by atoms with van der Waals surface area (Å²) < 4.78 is 36.8. The molecular formula is C11H18F2N5O4P. The number of nitrogens with one attached hydrogen (secondary N) is 2. The average molecular weight is 353 g/mol. The number of hydrogen-bond acceptors (Lipinski definition) is 6. The summed E-state index contributed by atoms with van der Waals surface area (Å²) in [5, 5.41) is 2.87. The first kappa shape index (κ1) is 17.6. The summed E-state index contributed by atoms with van der Waals surface area (Å²) in [6, 6.07) is 0. The molecule has 0 fully saturated rings. The fraction of sp³-hybridized carbons (Fsp3) is 0.636. The minimum atomic E-state index is -5.41. The summed E-state index contributed by atoms with van der Waals surface area (Å²) in [6.07, 6.45) is -0.0129. The van der Waals surface area contributed by atoms with Gasteiger partial charge < -0.3 is 25.7 Å². The van der Waals surface area contributed by atoms with Crippen molar-refractivity contribution in [1.82, 2.24) is 9.97 Å². The van der Waals surface area contributed by atoms with Crippen molar-refractivity contribution in [3.05, 3.63) is 10.4 Å². The van der Waals surface area contributed by atoms with E-state index in [0.717, 1.165) is 0 Å². The molecule has 0 aromatic carbocycles. The number of rotatable bonds is 7. The summed E-state index contributed by atoms with van der Waals surface area (Å²) in [5.74, 6) is 0.399. The van der Waals surface area contributed by atoms with E-state index in [1.165, 1.54) is 0 Å². The Morgan fingerprint density at radius 3 is 2.70 bits per heavy atom. The van der Waals surface area contributed by atoms with E-state index in [-0.39, 0.29) is 17.9 Å². The molecule has 0 aliphatic carbocycles. The maximum atomic E-state index is 13.1. The van der Waals surface area contributed by atoms with E-state index in [2.05, 4.69) is 15.3 Å². The number of anilines is 3. The second-order valence-electron chi connectivity index (χ2n) is 5.27. The van der Waals surface area contributed by atoms with Gasteiger partial charge in [-0.2, -0.15) is 13.8 Å². The van der Waals surface area contributed by atoms with E-state index in [0.29, 0.717) is 37.6 Å². The second kappa shape index (κ2) is 6.42. The third-order valence-corrected chi connectivity index (χ3v) is 4.57. The number of aromatic amines is 1. The van der Waals surface area contributed by atoms with E-state index in [4.69, 9.17) is 15.5 Å². The van der Waals surface area contributed by atoms with Gasteiger partial charge in [0.05, 0.1) is 6.67 Å². The molecule has 0 saturated carbocycles. The fourth-order valence-electron chi connectivity index (χ4n) is 2.26. The Kier molecular flexibility index (Phi) is 4.92. The molecule has 1 aromatic heterocycles. The van der Waals surface area contributed by atoms with Crippen LogP contribution in [0.5, 0.6) is 0 Å². The van der Waals surface area contributed by atoms with Gasteiger partial charge >= 0.3 is 13.3 Å². The molecule has 0 spiro atoms. The highest BCUT2D eigenvalue weighted by molar-refractivity contribution is 7.53. The van der Waals surface area contributed by atoms with Crippen molar-refractivity contribution >= 4 is 25.0 Å². The third kappa shape index (κ3) is 3.98. The van der Waals surface area contributed by atoms with Crippen LogP contribution in [0.1, 0.15) is 25.7 Å². The molecule has 1 aliphatic rings. The monoisotopic (exact) mass is 353 g/mol. The molecular weight excluding hydrogens is 335 g/mol. The molecule has 2 heterocycles. The lowest BCUT2D eigenvalue weighted by Gasteiger charge is -2.18. The molecule has 1 aromatic rings. The van der Waals surface area contributed by atoms with Crippen molar-refractivity contribution in [3.8, 4) is 0 Å². The highest BCUT2D eigenvalue weighted by Gasteiger charge is 2.47. The van der Waals surface area contributed by atoms with Crippen LogP contribution in [0.4, 0.5) is 26.2 Å². The Bertz CT molecular complexity index is 677. The second-order valence-corrected chi connectivity index (χ2v) is 7.01. The number of H-pyrrole nitrogens is 1. The zero-order valence-corrected chi connectivity index (χ0v) is 13.0. The van der Waals surface area contributed by atoms with Gasteiger partial charge in [-0.3, -0.25) is 14.3 Å². The van der Waals surface area contributed by atoms with Crippen molar-refractivity contribution in [3.63, 3.8) is 0 Å². The Balaban J connectivity index is 1.82. The van der Waals surface area contributed by atoms with Gasteiger partial charge in [0.2, 0.25) is 5.95 Å². The maximum Gasteiger partial charge on any atom is 0.394 e. The van der Waals surface area contributed by atoms with Crippen LogP contribution in [0, 0.1) is 0 Å². The molecule has 0 unspecified atom stereocenters. The van der Waals surface area contributed by atoms with Crippen molar-refractivity contribution < 1.29 is 23.1 Å². The van der Waals surface area contributed by atoms with E-state index in [9.17, 15) is 18.1 Å². The van der Waals surface area contributed by atoms with Crippen molar-refractivity contribution in [2.75, 3.05) is 29.2 Å². The molecule has 1 aliphatic heterocycles. The third-order valence-electron chi connectivity index (χ3n) is 3.50. The number of nitrogens with two attached hydrogens (primary N) is 1. The molecule has 0 saturated heterocycles. The zero-order valence-electron chi connectivity index (χ0n) is 12.1. The molecule has 9 nitrogen and oxygen atoms in total. The number of fused-ring (bicyclic) bond motifs is 1. The van der Waals surface area contributed by atoms with E-state index in [1.54, 1.807) is 4.90 Å². The first-order valence-electron chi connectivity index (χ1n) is 6.94. The van der Waals surface area contributed by atoms with Crippen LogP contribution in [0.2, 0.25) is 0 Å². The Hall–Kier alpha value is -1.71. The largest absolute Gasteiger partial charge is 0.394 e. The molecule has 0 atom stereocenters. The Morgan fingerprint density at radius 2 is 2.04 bits per heavy atom. The van der Waals surface area contributed by atoms with Crippen LogP contribution < -0.4 is 21.5 Å². The van der Waals surface area contributed by atoms with Gasteiger partial charge in [0.25, 0.3) is 5.56 Å². The van der Waals surface area contributed by atoms with Crippen LogP contribution in [0.15, 0.2) is 4.79 Å². The van der Waals surface area contributed by atoms with Crippen LogP contribution in [-0.4, -0.2) is 38.6 Å². The van der Waals surface area contributed by atoms with Crippen molar-refractivity contribution in [2.45, 2.75) is 31.3 Å². The summed E-state index contributed by atoms with van der Waals surface area (Å²) in [4.78, 5) is 36.8. The summed E-state index contributed by atoms with van der Waals surface area (Å²) in [6.45, 7) is 0.810. The fourth-order valence-corrected chi connectivity index (χ4v) is 2.71. The Morgan fingerprint density at radius 1 is 1.35 bits per heavy atom. The van der Waals surface area contributed by atoms with Gasteiger partial charge in [0.1, 0.15) is 5.69 Å². The predicted molar refractivity (Wildman–Crippen MR) is 80.6 cm³/mol. The first-order valence-corrected chi connectivity index (χ1v) is 8.55. The van der Waals surface area contributed by atoms with Crippen LogP contribution in [0.3, 0.4) is 0 Å². The number of halogens is 2. The SMILES string of the molecule is Nc1nc2c(c(=O)[nH]1)NCN2CCCCCC(F)(F)P(=O)(O)O. The molecule has 23 heavy (non-hydrogen) atoms. The summed E-state index contributed by atoms with van der Waals surface area (Å²) in [5.41, 5.74) is 1.43. The molecule has 12 heteroatoms. The van der Waals surface area contributed by atoms with Crippen molar-refractivity contribution in [2.24, 2.45) is 0 Å². The molecule has 2 rings (SSSR count). The number of nitrogen functional groups attached to an aromatic ring is 1. The van der Waals surface area contributed by atoms with Crippen LogP contribution in [0.25, 0.3) is 0 Å². The topological polar surface area (TPSA) is 145 Å². The number of unbranched alkanes of at least 4 members (excludes halogenated alkanes) is 2. The van der Waals surface area contributed by atoms with Crippen LogP contribution >= 0.6 is 7.60 Å². The van der Waals surface area contributed by atoms with Gasteiger partial charge in [0, 0.05) is 13.0 Å². The lowest BCUT2D eigenvalue weighted by Crippen LogP contribution is -2.25.